The lowest BCUT2D eigenvalue weighted by Gasteiger charge is -2.22. The Morgan fingerprint density at radius 2 is 1.83 bits per heavy atom. The Morgan fingerprint density at radius 1 is 1.22 bits per heavy atom. The third-order valence-electron chi connectivity index (χ3n) is 3.31. The summed E-state index contributed by atoms with van der Waals surface area (Å²) in [6.45, 7) is 3.64. The number of nitrogens with one attached hydrogen (secondary N) is 1. The van der Waals surface area contributed by atoms with Crippen LogP contribution in [0.4, 0.5) is 8.78 Å². The molecule has 1 heterocycles. The van der Waals surface area contributed by atoms with Gasteiger partial charge in [0, 0.05) is 12.5 Å². The SMILES string of the molecule is CC(F)(F)c1ccc(OCC2CCNCC2)cc1. The van der Waals surface area contributed by atoms with Gasteiger partial charge in [-0.1, -0.05) is 0 Å². The summed E-state index contributed by atoms with van der Waals surface area (Å²) in [6, 6.07) is 6.09. The maximum Gasteiger partial charge on any atom is 0.270 e. The number of ether oxygens (including phenoxy) is 1. The highest BCUT2D eigenvalue weighted by Gasteiger charge is 2.23. The van der Waals surface area contributed by atoms with Crippen molar-refractivity contribution in [3.8, 4) is 5.75 Å². The fourth-order valence-electron chi connectivity index (χ4n) is 2.11. The molecule has 0 amide bonds. The van der Waals surface area contributed by atoms with Crippen LogP contribution in [0.2, 0.25) is 0 Å². The summed E-state index contributed by atoms with van der Waals surface area (Å²) in [5.74, 6) is -1.55. The summed E-state index contributed by atoms with van der Waals surface area (Å²) >= 11 is 0. The zero-order valence-corrected chi connectivity index (χ0v) is 10.6. The van der Waals surface area contributed by atoms with Gasteiger partial charge in [-0.2, -0.15) is 0 Å². The van der Waals surface area contributed by atoms with E-state index in [1.165, 1.54) is 12.1 Å². The topological polar surface area (TPSA) is 21.3 Å². The quantitative estimate of drug-likeness (QED) is 0.892. The second-order valence-electron chi connectivity index (χ2n) is 4.92. The van der Waals surface area contributed by atoms with E-state index in [4.69, 9.17) is 4.74 Å². The van der Waals surface area contributed by atoms with E-state index in [0.717, 1.165) is 32.9 Å². The van der Waals surface area contributed by atoms with Gasteiger partial charge < -0.3 is 10.1 Å². The highest BCUT2D eigenvalue weighted by Crippen LogP contribution is 2.28. The lowest BCUT2D eigenvalue weighted by atomic mass is 9.99. The molecule has 1 aliphatic rings. The Kier molecular flexibility index (Phi) is 4.17. The second-order valence-corrected chi connectivity index (χ2v) is 4.92. The van der Waals surface area contributed by atoms with Gasteiger partial charge in [0.15, 0.2) is 0 Å². The van der Waals surface area contributed by atoms with E-state index in [1.807, 2.05) is 0 Å². The fraction of sp³-hybridized carbons (Fsp3) is 0.571. The first-order valence-corrected chi connectivity index (χ1v) is 6.37. The molecule has 0 spiro atoms. The highest BCUT2D eigenvalue weighted by atomic mass is 19.3. The zero-order valence-electron chi connectivity index (χ0n) is 10.6. The molecule has 1 saturated heterocycles. The average molecular weight is 255 g/mol. The van der Waals surface area contributed by atoms with E-state index in [1.54, 1.807) is 12.1 Å². The zero-order chi connectivity index (χ0) is 13.0. The molecule has 0 saturated carbocycles. The minimum atomic E-state index is -2.78. The first kappa shape index (κ1) is 13.3. The van der Waals surface area contributed by atoms with E-state index in [2.05, 4.69) is 5.32 Å². The largest absolute Gasteiger partial charge is 0.493 e. The van der Waals surface area contributed by atoms with Gasteiger partial charge in [-0.3, -0.25) is 0 Å². The van der Waals surface area contributed by atoms with E-state index in [0.29, 0.717) is 18.3 Å². The second kappa shape index (κ2) is 5.65. The summed E-state index contributed by atoms with van der Waals surface area (Å²) < 4.78 is 31.7. The normalized spacial score (nSPS) is 17.7. The van der Waals surface area contributed by atoms with Gasteiger partial charge >= 0.3 is 0 Å². The first-order valence-electron chi connectivity index (χ1n) is 6.37. The van der Waals surface area contributed by atoms with Crippen LogP contribution in [-0.4, -0.2) is 19.7 Å². The lowest BCUT2D eigenvalue weighted by molar-refractivity contribution is 0.0174. The molecule has 1 N–H and O–H groups in total. The van der Waals surface area contributed by atoms with E-state index in [-0.39, 0.29) is 5.56 Å². The van der Waals surface area contributed by atoms with Crippen LogP contribution in [0.1, 0.15) is 25.3 Å². The van der Waals surface area contributed by atoms with Crippen LogP contribution in [-0.2, 0) is 5.92 Å². The molecule has 0 aromatic heterocycles. The Balaban J connectivity index is 1.86. The van der Waals surface area contributed by atoms with Crippen LogP contribution < -0.4 is 10.1 Å². The molecule has 0 unspecified atom stereocenters. The number of halogens is 2. The number of piperidine rings is 1. The Morgan fingerprint density at radius 3 is 2.39 bits per heavy atom. The van der Waals surface area contributed by atoms with Crippen molar-refractivity contribution in [1.29, 1.82) is 0 Å². The number of rotatable bonds is 4. The van der Waals surface area contributed by atoms with Crippen LogP contribution in [0.15, 0.2) is 24.3 Å². The molecule has 2 rings (SSSR count). The summed E-state index contributed by atoms with van der Waals surface area (Å²) in [5, 5.41) is 3.30. The lowest BCUT2D eigenvalue weighted by Crippen LogP contribution is -2.30. The van der Waals surface area contributed by atoms with Crippen molar-refractivity contribution in [3.63, 3.8) is 0 Å². The smallest absolute Gasteiger partial charge is 0.270 e. The minimum absolute atomic E-state index is 0.0247. The van der Waals surface area contributed by atoms with Crippen LogP contribution in [0, 0.1) is 5.92 Å². The Hall–Kier alpha value is -1.16. The molecule has 1 fully saturated rings. The van der Waals surface area contributed by atoms with E-state index >= 15 is 0 Å². The van der Waals surface area contributed by atoms with Crippen molar-refractivity contribution < 1.29 is 13.5 Å². The standard InChI is InChI=1S/C14H19F2NO/c1-14(15,16)12-2-4-13(5-3-12)18-10-11-6-8-17-9-7-11/h2-5,11,17H,6-10H2,1H3. The molecule has 100 valence electrons. The molecule has 18 heavy (non-hydrogen) atoms. The monoisotopic (exact) mass is 255 g/mol. The summed E-state index contributed by atoms with van der Waals surface area (Å²) in [5.41, 5.74) is 0.0247. The minimum Gasteiger partial charge on any atom is -0.493 e. The van der Waals surface area contributed by atoms with Gasteiger partial charge in [0.2, 0.25) is 0 Å². The van der Waals surface area contributed by atoms with Gasteiger partial charge in [-0.05, 0) is 56.1 Å². The van der Waals surface area contributed by atoms with Crippen molar-refractivity contribution in [1.82, 2.24) is 5.32 Å². The van der Waals surface area contributed by atoms with E-state index in [9.17, 15) is 8.78 Å². The predicted molar refractivity (Wildman–Crippen MR) is 67.1 cm³/mol. The molecule has 2 nitrogen and oxygen atoms in total. The van der Waals surface area contributed by atoms with Gasteiger partial charge in [0.05, 0.1) is 6.61 Å². The number of hydrogen-bond acceptors (Lipinski definition) is 2. The number of benzene rings is 1. The molecule has 1 aromatic carbocycles. The number of hydrogen-bond donors (Lipinski definition) is 1. The maximum absolute atomic E-state index is 13.0. The van der Waals surface area contributed by atoms with Crippen LogP contribution >= 0.6 is 0 Å². The molecule has 0 atom stereocenters. The molecule has 0 aliphatic carbocycles. The van der Waals surface area contributed by atoms with Crippen molar-refractivity contribution in [3.05, 3.63) is 29.8 Å². The van der Waals surface area contributed by atoms with Crippen LogP contribution in [0.3, 0.4) is 0 Å². The average Bonchev–Trinajstić information content (AvgIpc) is 2.37. The first-order chi connectivity index (χ1) is 8.55. The molecular formula is C14H19F2NO. The van der Waals surface area contributed by atoms with Crippen molar-refractivity contribution in [2.75, 3.05) is 19.7 Å². The summed E-state index contributed by atoms with van der Waals surface area (Å²) in [4.78, 5) is 0. The van der Waals surface area contributed by atoms with Gasteiger partial charge in [0.1, 0.15) is 5.75 Å². The maximum atomic E-state index is 13.0. The molecule has 0 radical (unpaired) electrons. The summed E-state index contributed by atoms with van der Waals surface area (Å²) in [6.07, 6.45) is 2.23. The van der Waals surface area contributed by atoms with Gasteiger partial charge in [-0.15, -0.1) is 0 Å². The van der Waals surface area contributed by atoms with Crippen LogP contribution in [0.25, 0.3) is 0 Å². The molecule has 1 aromatic rings. The van der Waals surface area contributed by atoms with Crippen molar-refractivity contribution in [2.24, 2.45) is 5.92 Å². The van der Waals surface area contributed by atoms with Crippen molar-refractivity contribution >= 4 is 0 Å². The van der Waals surface area contributed by atoms with Gasteiger partial charge in [-0.25, -0.2) is 8.78 Å². The Bertz CT molecular complexity index is 366. The number of alkyl halides is 2. The van der Waals surface area contributed by atoms with Crippen LogP contribution in [0.5, 0.6) is 5.75 Å². The fourth-order valence-corrected chi connectivity index (χ4v) is 2.11. The summed E-state index contributed by atoms with van der Waals surface area (Å²) in [7, 11) is 0. The molecule has 1 aliphatic heterocycles. The Labute approximate surface area is 106 Å². The third-order valence-corrected chi connectivity index (χ3v) is 3.31. The third kappa shape index (κ3) is 3.67. The van der Waals surface area contributed by atoms with Gasteiger partial charge in [0.25, 0.3) is 5.92 Å². The molecule has 0 bridgehead atoms. The highest BCUT2D eigenvalue weighted by molar-refractivity contribution is 5.29. The molecule has 4 heteroatoms. The molecular weight excluding hydrogens is 236 g/mol. The van der Waals surface area contributed by atoms with E-state index < -0.39 is 5.92 Å². The predicted octanol–water partition coefficient (Wildman–Crippen LogP) is 3.18. The van der Waals surface area contributed by atoms with Crippen molar-refractivity contribution in [2.45, 2.75) is 25.7 Å².